The number of aromatic nitrogens is 2. The van der Waals surface area contributed by atoms with Crippen molar-refractivity contribution in [3.05, 3.63) is 17.0 Å². The van der Waals surface area contributed by atoms with Gasteiger partial charge in [0, 0.05) is 43.6 Å². The molecule has 2 aliphatic heterocycles. The van der Waals surface area contributed by atoms with Gasteiger partial charge in [0.1, 0.15) is 0 Å². The van der Waals surface area contributed by atoms with Crippen molar-refractivity contribution in [1.29, 1.82) is 0 Å². The van der Waals surface area contributed by atoms with E-state index in [4.69, 9.17) is 4.74 Å². The van der Waals surface area contributed by atoms with Gasteiger partial charge < -0.3 is 9.64 Å². The molecule has 1 aromatic heterocycles. The van der Waals surface area contributed by atoms with Crippen molar-refractivity contribution in [2.45, 2.75) is 57.8 Å². The molecule has 0 aromatic carbocycles. The Morgan fingerprint density at radius 1 is 1.26 bits per heavy atom. The number of H-pyrrole nitrogens is 1. The number of rotatable bonds is 3. The molecule has 1 amide bonds. The predicted molar refractivity (Wildman–Crippen MR) is 87.2 cm³/mol. The van der Waals surface area contributed by atoms with Gasteiger partial charge in [-0.15, -0.1) is 0 Å². The van der Waals surface area contributed by atoms with Gasteiger partial charge in [-0.1, -0.05) is 0 Å². The molecule has 2 fully saturated rings. The summed E-state index contributed by atoms with van der Waals surface area (Å²) >= 11 is 0. The molecule has 126 valence electrons. The third-order valence-corrected chi connectivity index (χ3v) is 5.92. The number of aryl methyl sites for hydroxylation is 2. The summed E-state index contributed by atoms with van der Waals surface area (Å²) in [5.41, 5.74) is 4.07. The van der Waals surface area contributed by atoms with Crippen molar-refractivity contribution in [2.24, 2.45) is 5.41 Å². The monoisotopic (exact) mass is 317 g/mol. The molecule has 0 bridgehead atoms. The van der Waals surface area contributed by atoms with E-state index in [1.807, 2.05) is 0 Å². The summed E-state index contributed by atoms with van der Waals surface area (Å²) in [5.74, 6) is 0.295. The SMILES string of the molecule is O=C(CCc1n[nH]c2c1CCCC2)N1CCCC2(CCOC2)C1. The number of hydrogen-bond acceptors (Lipinski definition) is 3. The molecular formula is C18H27N3O2. The summed E-state index contributed by atoms with van der Waals surface area (Å²) < 4.78 is 5.59. The van der Waals surface area contributed by atoms with Crippen molar-refractivity contribution >= 4 is 5.91 Å². The van der Waals surface area contributed by atoms with Gasteiger partial charge in [-0.05, 0) is 50.5 Å². The maximum atomic E-state index is 12.6. The van der Waals surface area contributed by atoms with Crippen LogP contribution < -0.4 is 0 Å². The zero-order chi connectivity index (χ0) is 15.7. The molecule has 23 heavy (non-hydrogen) atoms. The lowest BCUT2D eigenvalue weighted by Crippen LogP contribution is -2.46. The summed E-state index contributed by atoms with van der Waals surface area (Å²) in [6, 6.07) is 0. The molecule has 3 aliphatic rings. The molecule has 2 saturated heterocycles. The number of likely N-dealkylation sites (tertiary alicyclic amines) is 1. The number of ether oxygens (including phenoxy) is 1. The van der Waals surface area contributed by atoms with E-state index in [-0.39, 0.29) is 5.41 Å². The van der Waals surface area contributed by atoms with Gasteiger partial charge in [-0.25, -0.2) is 0 Å². The summed E-state index contributed by atoms with van der Waals surface area (Å²) in [6.07, 6.45) is 9.57. The Morgan fingerprint density at radius 2 is 2.17 bits per heavy atom. The van der Waals surface area contributed by atoms with E-state index in [1.165, 1.54) is 30.5 Å². The van der Waals surface area contributed by atoms with Crippen LogP contribution in [-0.4, -0.2) is 47.3 Å². The van der Waals surface area contributed by atoms with Gasteiger partial charge >= 0.3 is 0 Å². The number of nitrogens with one attached hydrogen (secondary N) is 1. The minimum absolute atomic E-state index is 0.249. The van der Waals surface area contributed by atoms with Crippen LogP contribution in [0.4, 0.5) is 0 Å². The molecule has 1 N–H and O–H groups in total. The molecule has 0 radical (unpaired) electrons. The van der Waals surface area contributed by atoms with Crippen molar-refractivity contribution < 1.29 is 9.53 Å². The second kappa shape index (κ2) is 6.27. The first kappa shape index (κ1) is 15.2. The predicted octanol–water partition coefficient (Wildman–Crippen LogP) is 2.25. The number of fused-ring (bicyclic) bond motifs is 1. The van der Waals surface area contributed by atoms with Crippen LogP contribution in [0.2, 0.25) is 0 Å². The molecule has 5 heteroatoms. The van der Waals surface area contributed by atoms with Crippen LogP contribution in [0.25, 0.3) is 0 Å². The van der Waals surface area contributed by atoms with Crippen LogP contribution in [0.15, 0.2) is 0 Å². The fourth-order valence-electron chi connectivity index (χ4n) is 4.53. The Kier molecular flexibility index (Phi) is 4.14. The van der Waals surface area contributed by atoms with Crippen LogP contribution in [0, 0.1) is 5.41 Å². The fraction of sp³-hybridized carbons (Fsp3) is 0.778. The number of piperidine rings is 1. The first-order chi connectivity index (χ1) is 11.3. The molecule has 1 spiro atoms. The van der Waals surface area contributed by atoms with E-state index in [2.05, 4.69) is 15.1 Å². The number of nitrogens with zero attached hydrogens (tertiary/aromatic N) is 2. The van der Waals surface area contributed by atoms with Crippen molar-refractivity contribution in [2.75, 3.05) is 26.3 Å². The standard InChI is InChI=1S/C18H27N3O2/c22-17(21-10-3-8-18(12-21)9-11-23-13-18)7-6-16-14-4-1-2-5-15(14)19-20-16/h1-13H2,(H,19,20). The quantitative estimate of drug-likeness (QED) is 0.930. The lowest BCUT2D eigenvalue weighted by molar-refractivity contribution is -0.134. The molecule has 1 atom stereocenters. The average Bonchev–Trinajstić information content (AvgIpc) is 3.20. The third kappa shape index (κ3) is 3.03. The topological polar surface area (TPSA) is 58.2 Å². The molecule has 4 rings (SSSR count). The summed E-state index contributed by atoms with van der Waals surface area (Å²) in [5, 5.41) is 7.65. The third-order valence-electron chi connectivity index (χ3n) is 5.92. The van der Waals surface area contributed by atoms with Gasteiger partial charge in [-0.2, -0.15) is 5.10 Å². The van der Waals surface area contributed by atoms with Gasteiger partial charge in [0.15, 0.2) is 0 Å². The molecule has 1 aromatic rings. The highest BCUT2D eigenvalue weighted by molar-refractivity contribution is 5.76. The Labute approximate surface area is 137 Å². The van der Waals surface area contributed by atoms with E-state index in [0.717, 1.165) is 64.1 Å². The molecule has 0 saturated carbocycles. The highest BCUT2D eigenvalue weighted by atomic mass is 16.5. The summed E-state index contributed by atoms with van der Waals surface area (Å²) in [7, 11) is 0. The Bertz CT molecular complexity index is 575. The maximum absolute atomic E-state index is 12.6. The van der Waals surface area contributed by atoms with Crippen LogP contribution in [-0.2, 0) is 28.8 Å². The zero-order valence-corrected chi connectivity index (χ0v) is 13.9. The normalized spacial score (nSPS) is 27.4. The molecule has 1 unspecified atom stereocenters. The van der Waals surface area contributed by atoms with Crippen molar-refractivity contribution in [1.82, 2.24) is 15.1 Å². The molecular weight excluding hydrogens is 290 g/mol. The second-order valence-electron chi connectivity index (χ2n) is 7.56. The van der Waals surface area contributed by atoms with E-state index >= 15 is 0 Å². The Hall–Kier alpha value is -1.36. The highest BCUT2D eigenvalue weighted by Gasteiger charge is 2.40. The highest BCUT2D eigenvalue weighted by Crippen LogP contribution is 2.37. The van der Waals surface area contributed by atoms with E-state index in [0.29, 0.717) is 12.3 Å². The molecule has 1 aliphatic carbocycles. The number of hydrogen-bond donors (Lipinski definition) is 1. The van der Waals surface area contributed by atoms with E-state index < -0.39 is 0 Å². The Morgan fingerprint density at radius 3 is 3.04 bits per heavy atom. The van der Waals surface area contributed by atoms with E-state index in [1.54, 1.807) is 0 Å². The summed E-state index contributed by atoms with van der Waals surface area (Å²) in [6.45, 7) is 3.51. The number of aromatic amines is 1. The number of amides is 1. The maximum Gasteiger partial charge on any atom is 0.222 e. The minimum atomic E-state index is 0.249. The van der Waals surface area contributed by atoms with Crippen LogP contribution in [0.1, 0.15) is 55.5 Å². The lowest BCUT2D eigenvalue weighted by atomic mass is 9.79. The van der Waals surface area contributed by atoms with Crippen LogP contribution in [0.3, 0.4) is 0 Å². The first-order valence-electron chi connectivity index (χ1n) is 9.16. The molecule has 5 nitrogen and oxygen atoms in total. The van der Waals surface area contributed by atoms with Crippen LogP contribution in [0.5, 0.6) is 0 Å². The number of carbonyl (C=O) groups excluding carboxylic acids is 1. The van der Waals surface area contributed by atoms with Crippen LogP contribution >= 0.6 is 0 Å². The second-order valence-corrected chi connectivity index (χ2v) is 7.56. The first-order valence-corrected chi connectivity index (χ1v) is 9.16. The average molecular weight is 317 g/mol. The van der Waals surface area contributed by atoms with Gasteiger partial charge in [-0.3, -0.25) is 9.89 Å². The van der Waals surface area contributed by atoms with Crippen molar-refractivity contribution in [3.63, 3.8) is 0 Å². The number of carbonyl (C=O) groups is 1. The van der Waals surface area contributed by atoms with Gasteiger partial charge in [0.2, 0.25) is 5.91 Å². The zero-order valence-electron chi connectivity index (χ0n) is 13.9. The lowest BCUT2D eigenvalue weighted by Gasteiger charge is -2.39. The summed E-state index contributed by atoms with van der Waals surface area (Å²) in [4.78, 5) is 14.7. The molecule has 3 heterocycles. The minimum Gasteiger partial charge on any atom is -0.381 e. The smallest absolute Gasteiger partial charge is 0.222 e. The van der Waals surface area contributed by atoms with Gasteiger partial charge in [0.05, 0.1) is 12.3 Å². The largest absolute Gasteiger partial charge is 0.381 e. The van der Waals surface area contributed by atoms with E-state index in [9.17, 15) is 4.79 Å². The van der Waals surface area contributed by atoms with Crippen molar-refractivity contribution in [3.8, 4) is 0 Å². The van der Waals surface area contributed by atoms with Gasteiger partial charge in [0.25, 0.3) is 0 Å². The fourth-order valence-corrected chi connectivity index (χ4v) is 4.53. The Balaban J connectivity index is 1.35.